The second-order valence-electron chi connectivity index (χ2n) is 3.96. The van der Waals surface area contributed by atoms with E-state index in [0.29, 0.717) is 20.8 Å². The molecule has 0 atom stereocenters. The molecule has 0 fully saturated rings. The minimum atomic E-state index is -0.510. The molecule has 1 heterocycles. The fourth-order valence-electron chi connectivity index (χ4n) is 1.68. The Balaban J connectivity index is 2.33. The Bertz CT molecular complexity index is 670. The van der Waals surface area contributed by atoms with Gasteiger partial charge in [0.05, 0.1) is 24.8 Å². The lowest BCUT2D eigenvalue weighted by molar-refractivity contribution is 0.0597. The third-order valence-corrected chi connectivity index (χ3v) is 4.21. The summed E-state index contributed by atoms with van der Waals surface area (Å²) < 4.78 is 10.4. The number of esters is 1. The Labute approximate surface area is 134 Å². The zero-order chi connectivity index (χ0) is 15.4. The fourth-order valence-corrected chi connectivity index (χ4v) is 2.74. The van der Waals surface area contributed by atoms with Gasteiger partial charge in [0, 0.05) is 10.5 Å². The number of carbonyl (C=O) groups is 2. The van der Waals surface area contributed by atoms with E-state index in [9.17, 15) is 9.59 Å². The van der Waals surface area contributed by atoms with Crippen LogP contribution in [0.15, 0.2) is 34.1 Å². The van der Waals surface area contributed by atoms with Gasteiger partial charge in [-0.2, -0.15) is 0 Å². The van der Waals surface area contributed by atoms with Gasteiger partial charge in [-0.05, 0) is 33.4 Å². The molecule has 1 amide bonds. The van der Waals surface area contributed by atoms with Crippen LogP contribution in [0.2, 0.25) is 0 Å². The molecule has 21 heavy (non-hydrogen) atoms. The molecule has 110 valence electrons. The summed E-state index contributed by atoms with van der Waals surface area (Å²) in [5.41, 5.74) is 0.791. The molecule has 0 radical (unpaired) electrons. The molecule has 0 spiro atoms. The fraction of sp³-hybridized carbons (Fsp3) is 0.143. The first kappa shape index (κ1) is 15.5. The third kappa shape index (κ3) is 3.43. The van der Waals surface area contributed by atoms with Crippen LogP contribution in [-0.2, 0) is 4.74 Å². The molecule has 1 N–H and O–H groups in total. The van der Waals surface area contributed by atoms with Gasteiger partial charge in [-0.15, -0.1) is 11.3 Å². The van der Waals surface area contributed by atoms with Crippen LogP contribution in [0.3, 0.4) is 0 Å². The van der Waals surface area contributed by atoms with Crippen molar-refractivity contribution in [1.29, 1.82) is 0 Å². The first-order valence-corrected chi connectivity index (χ1v) is 7.54. The lowest BCUT2D eigenvalue weighted by Crippen LogP contribution is -2.12. The summed E-state index contributed by atoms with van der Waals surface area (Å²) in [6.45, 7) is 0. The monoisotopic (exact) mass is 369 g/mol. The number of hydrogen-bond donors (Lipinski definition) is 1. The van der Waals surface area contributed by atoms with Gasteiger partial charge in [-0.1, -0.05) is 6.07 Å². The number of rotatable bonds is 4. The van der Waals surface area contributed by atoms with Gasteiger partial charge >= 0.3 is 5.97 Å². The zero-order valence-electron chi connectivity index (χ0n) is 11.3. The number of hydrogen-bond acceptors (Lipinski definition) is 5. The highest BCUT2D eigenvalue weighted by atomic mass is 79.9. The van der Waals surface area contributed by atoms with E-state index in [0.717, 1.165) is 0 Å². The molecule has 0 aliphatic carbocycles. The number of nitrogens with one attached hydrogen (secondary N) is 1. The van der Waals surface area contributed by atoms with Crippen LogP contribution >= 0.6 is 27.3 Å². The number of methoxy groups -OCH3 is 2. The second kappa shape index (κ2) is 6.73. The molecule has 1 aromatic heterocycles. The van der Waals surface area contributed by atoms with Crippen LogP contribution in [-0.4, -0.2) is 26.1 Å². The smallest absolute Gasteiger partial charge is 0.341 e. The molecule has 0 unspecified atom stereocenters. The Kier molecular flexibility index (Phi) is 4.98. The molecule has 2 rings (SSSR count). The summed E-state index contributed by atoms with van der Waals surface area (Å²) in [6.07, 6.45) is 0. The average Bonchev–Trinajstić information content (AvgIpc) is 3.02. The van der Waals surface area contributed by atoms with Crippen LogP contribution in [0.4, 0.5) is 5.69 Å². The average molecular weight is 370 g/mol. The van der Waals surface area contributed by atoms with Gasteiger partial charge in [-0.3, -0.25) is 4.79 Å². The molecule has 0 aliphatic heterocycles. The van der Waals surface area contributed by atoms with Gasteiger partial charge < -0.3 is 14.8 Å². The molecule has 0 bridgehead atoms. The zero-order valence-corrected chi connectivity index (χ0v) is 13.7. The summed E-state index contributed by atoms with van der Waals surface area (Å²) >= 11 is 4.67. The quantitative estimate of drug-likeness (QED) is 0.836. The highest BCUT2D eigenvalue weighted by molar-refractivity contribution is 9.10. The van der Waals surface area contributed by atoms with Crippen molar-refractivity contribution in [2.24, 2.45) is 0 Å². The van der Waals surface area contributed by atoms with Crippen molar-refractivity contribution in [2.45, 2.75) is 0 Å². The maximum absolute atomic E-state index is 12.0. The van der Waals surface area contributed by atoms with E-state index >= 15 is 0 Å². The van der Waals surface area contributed by atoms with E-state index in [4.69, 9.17) is 4.74 Å². The van der Waals surface area contributed by atoms with Crippen LogP contribution < -0.4 is 10.1 Å². The van der Waals surface area contributed by atoms with Gasteiger partial charge in [0.2, 0.25) is 0 Å². The predicted octanol–water partition coefficient (Wildman–Crippen LogP) is 3.56. The maximum atomic E-state index is 12.0. The summed E-state index contributed by atoms with van der Waals surface area (Å²) in [5, 5.41) is 4.59. The molecule has 1 aromatic carbocycles. The standard InChI is InChI=1S/C14H12BrNO4S/c1-19-11-7-10(9(15)6-8(11)14(18)20-2)16-13(17)12-4-3-5-21-12/h3-7H,1-2H3,(H,16,17). The van der Waals surface area contributed by atoms with Crippen molar-refractivity contribution in [3.63, 3.8) is 0 Å². The van der Waals surface area contributed by atoms with Crippen LogP contribution in [0.1, 0.15) is 20.0 Å². The maximum Gasteiger partial charge on any atom is 0.341 e. The molecule has 5 nitrogen and oxygen atoms in total. The van der Waals surface area contributed by atoms with Gasteiger partial charge in [-0.25, -0.2) is 4.79 Å². The Morgan fingerprint density at radius 1 is 1.29 bits per heavy atom. The molecule has 7 heteroatoms. The Morgan fingerprint density at radius 3 is 2.62 bits per heavy atom. The number of carbonyl (C=O) groups excluding carboxylic acids is 2. The van der Waals surface area contributed by atoms with Crippen molar-refractivity contribution in [3.8, 4) is 5.75 Å². The minimum Gasteiger partial charge on any atom is -0.496 e. The van der Waals surface area contributed by atoms with E-state index in [1.165, 1.54) is 25.6 Å². The molecule has 0 saturated heterocycles. The van der Waals surface area contributed by atoms with Crippen molar-refractivity contribution >= 4 is 44.8 Å². The number of thiophene rings is 1. The van der Waals surface area contributed by atoms with E-state index in [1.807, 2.05) is 5.38 Å². The number of amides is 1. The number of benzene rings is 1. The van der Waals surface area contributed by atoms with E-state index in [1.54, 1.807) is 24.3 Å². The molecule has 0 saturated carbocycles. The highest BCUT2D eigenvalue weighted by Crippen LogP contribution is 2.32. The second-order valence-corrected chi connectivity index (χ2v) is 5.76. The Hall–Kier alpha value is -1.86. The summed E-state index contributed by atoms with van der Waals surface area (Å²) in [5.74, 6) is -0.409. The normalized spacial score (nSPS) is 10.0. The van der Waals surface area contributed by atoms with Crippen molar-refractivity contribution in [2.75, 3.05) is 19.5 Å². The number of anilines is 1. The minimum absolute atomic E-state index is 0.224. The third-order valence-electron chi connectivity index (χ3n) is 2.69. The molecule has 0 aliphatic rings. The van der Waals surface area contributed by atoms with Crippen LogP contribution in [0, 0.1) is 0 Å². The van der Waals surface area contributed by atoms with Crippen LogP contribution in [0.25, 0.3) is 0 Å². The van der Waals surface area contributed by atoms with E-state index in [-0.39, 0.29) is 11.5 Å². The van der Waals surface area contributed by atoms with Crippen molar-refractivity contribution in [1.82, 2.24) is 0 Å². The van der Waals surface area contributed by atoms with E-state index in [2.05, 4.69) is 26.0 Å². The summed E-state index contributed by atoms with van der Waals surface area (Å²) in [4.78, 5) is 24.3. The summed E-state index contributed by atoms with van der Waals surface area (Å²) in [6, 6.07) is 6.65. The van der Waals surface area contributed by atoms with E-state index < -0.39 is 5.97 Å². The van der Waals surface area contributed by atoms with Crippen molar-refractivity contribution in [3.05, 3.63) is 44.6 Å². The highest BCUT2D eigenvalue weighted by Gasteiger charge is 2.17. The SMILES string of the molecule is COC(=O)c1cc(Br)c(NC(=O)c2cccs2)cc1OC. The topological polar surface area (TPSA) is 64.6 Å². The van der Waals surface area contributed by atoms with Crippen molar-refractivity contribution < 1.29 is 19.1 Å². The number of halogens is 1. The predicted molar refractivity (Wildman–Crippen MR) is 84.3 cm³/mol. The summed E-state index contributed by atoms with van der Waals surface area (Å²) in [7, 11) is 2.74. The van der Waals surface area contributed by atoms with Crippen LogP contribution in [0.5, 0.6) is 5.75 Å². The number of ether oxygens (including phenoxy) is 2. The molecular formula is C14H12BrNO4S. The lowest BCUT2D eigenvalue weighted by Gasteiger charge is -2.12. The first-order valence-electron chi connectivity index (χ1n) is 5.87. The largest absolute Gasteiger partial charge is 0.496 e. The molecule has 2 aromatic rings. The van der Waals surface area contributed by atoms with Gasteiger partial charge in [0.25, 0.3) is 5.91 Å². The first-order chi connectivity index (χ1) is 10.1. The Morgan fingerprint density at radius 2 is 2.05 bits per heavy atom. The lowest BCUT2D eigenvalue weighted by atomic mass is 10.1. The molecular weight excluding hydrogens is 358 g/mol. The van der Waals surface area contributed by atoms with Gasteiger partial charge in [0.1, 0.15) is 11.3 Å². The van der Waals surface area contributed by atoms with Gasteiger partial charge in [0.15, 0.2) is 0 Å².